The van der Waals surface area contributed by atoms with Gasteiger partial charge in [0.25, 0.3) is 5.91 Å². The molecule has 0 atom stereocenters. The van der Waals surface area contributed by atoms with Crippen molar-refractivity contribution in [3.05, 3.63) is 70.4 Å². The van der Waals surface area contributed by atoms with Crippen LogP contribution in [-0.2, 0) is 17.0 Å². The number of carbonyl (C=O) groups excluding carboxylic acids is 1. The molecule has 0 bridgehead atoms. The molecule has 1 N–H and O–H groups in total. The zero-order chi connectivity index (χ0) is 27.0. The minimum absolute atomic E-state index is 0.0862. The standard InChI is InChI=1S/C28H32ClN5O4S/c1-36-13-3-8-30-27(35)22-5-2-4-21(14-22)18-39-28-31-25(29)16-26(32-28)34-11-9-33(10-12-34)17-20-6-7-23-24(15-20)38-19-37-23/h2,4-7,14-16H,3,8-13,17-19H2,1H3,(H,30,35). The summed E-state index contributed by atoms with van der Waals surface area (Å²) in [7, 11) is 1.65. The van der Waals surface area contributed by atoms with Gasteiger partial charge >= 0.3 is 0 Å². The highest BCUT2D eigenvalue weighted by Crippen LogP contribution is 2.33. The average Bonchev–Trinajstić information content (AvgIpc) is 3.42. The molecular weight excluding hydrogens is 538 g/mol. The first-order valence-corrected chi connectivity index (χ1v) is 14.3. The number of amides is 1. The van der Waals surface area contributed by atoms with E-state index in [9.17, 15) is 4.79 Å². The maximum atomic E-state index is 12.4. The van der Waals surface area contributed by atoms with Gasteiger partial charge in [0, 0.05) is 70.4 Å². The zero-order valence-electron chi connectivity index (χ0n) is 21.9. The molecule has 3 heterocycles. The van der Waals surface area contributed by atoms with Gasteiger partial charge in [-0.15, -0.1) is 0 Å². The lowest BCUT2D eigenvalue weighted by Crippen LogP contribution is -2.46. The Labute approximate surface area is 237 Å². The number of hydrogen-bond acceptors (Lipinski definition) is 9. The summed E-state index contributed by atoms with van der Waals surface area (Å²) in [4.78, 5) is 26.3. The topological polar surface area (TPSA) is 89.1 Å². The number of nitrogens with one attached hydrogen (secondary N) is 1. The second kappa shape index (κ2) is 13.3. The Kier molecular flexibility index (Phi) is 9.41. The molecule has 206 valence electrons. The SMILES string of the molecule is COCCCNC(=O)c1cccc(CSc2nc(Cl)cc(N3CCN(Cc4ccc5c(c4)OCO5)CC3)n2)c1. The minimum Gasteiger partial charge on any atom is -0.454 e. The van der Waals surface area contributed by atoms with Crippen molar-refractivity contribution < 1.29 is 19.0 Å². The lowest BCUT2D eigenvalue weighted by molar-refractivity contribution is 0.0948. The van der Waals surface area contributed by atoms with Crippen LogP contribution >= 0.6 is 23.4 Å². The highest BCUT2D eigenvalue weighted by atomic mass is 35.5. The van der Waals surface area contributed by atoms with Gasteiger partial charge in [-0.05, 0) is 41.8 Å². The van der Waals surface area contributed by atoms with Gasteiger partial charge in [0.1, 0.15) is 11.0 Å². The molecule has 0 aliphatic carbocycles. The number of benzene rings is 2. The number of thioether (sulfide) groups is 1. The monoisotopic (exact) mass is 569 g/mol. The van der Waals surface area contributed by atoms with Crippen molar-refractivity contribution in [1.82, 2.24) is 20.2 Å². The number of piperazine rings is 1. The summed E-state index contributed by atoms with van der Waals surface area (Å²) in [5.74, 6) is 3.01. The average molecular weight is 570 g/mol. The van der Waals surface area contributed by atoms with E-state index in [4.69, 9.17) is 30.8 Å². The third-order valence-electron chi connectivity index (χ3n) is 6.57. The molecule has 1 amide bonds. The first-order valence-electron chi connectivity index (χ1n) is 13.0. The summed E-state index contributed by atoms with van der Waals surface area (Å²) in [5, 5.41) is 3.97. The number of halogens is 1. The third-order valence-corrected chi connectivity index (χ3v) is 7.68. The predicted molar refractivity (Wildman–Crippen MR) is 152 cm³/mol. The number of aromatic nitrogens is 2. The molecule has 11 heteroatoms. The fraction of sp³-hybridized carbons (Fsp3) is 0.393. The Morgan fingerprint density at radius 3 is 2.74 bits per heavy atom. The van der Waals surface area contributed by atoms with Gasteiger partial charge in [-0.1, -0.05) is 41.6 Å². The fourth-order valence-electron chi connectivity index (χ4n) is 4.52. The summed E-state index contributed by atoms with van der Waals surface area (Å²) < 4.78 is 16.0. The van der Waals surface area contributed by atoms with E-state index in [0.29, 0.717) is 41.6 Å². The van der Waals surface area contributed by atoms with Crippen molar-refractivity contribution in [2.24, 2.45) is 0 Å². The number of ether oxygens (including phenoxy) is 3. The van der Waals surface area contributed by atoms with E-state index in [2.05, 4.69) is 32.2 Å². The number of methoxy groups -OCH3 is 1. The van der Waals surface area contributed by atoms with E-state index in [-0.39, 0.29) is 5.91 Å². The van der Waals surface area contributed by atoms with Crippen molar-refractivity contribution in [2.45, 2.75) is 23.9 Å². The van der Waals surface area contributed by atoms with Crippen LogP contribution in [0.15, 0.2) is 53.7 Å². The predicted octanol–water partition coefficient (Wildman–Crippen LogP) is 4.24. The Morgan fingerprint density at radius 1 is 1.05 bits per heavy atom. The summed E-state index contributed by atoms with van der Waals surface area (Å²) in [5.41, 5.74) is 2.87. The van der Waals surface area contributed by atoms with Crippen molar-refractivity contribution >= 4 is 35.1 Å². The minimum atomic E-state index is -0.0862. The zero-order valence-corrected chi connectivity index (χ0v) is 23.5. The molecule has 0 unspecified atom stereocenters. The lowest BCUT2D eigenvalue weighted by atomic mass is 10.1. The van der Waals surface area contributed by atoms with Crippen LogP contribution < -0.4 is 19.7 Å². The van der Waals surface area contributed by atoms with Crippen molar-refractivity contribution in [2.75, 3.05) is 58.1 Å². The van der Waals surface area contributed by atoms with Crippen LogP contribution in [0.4, 0.5) is 5.82 Å². The van der Waals surface area contributed by atoms with Crippen LogP contribution in [0, 0.1) is 0 Å². The Morgan fingerprint density at radius 2 is 1.90 bits per heavy atom. The lowest BCUT2D eigenvalue weighted by Gasteiger charge is -2.35. The second-order valence-electron chi connectivity index (χ2n) is 9.37. The number of rotatable bonds is 11. The first kappa shape index (κ1) is 27.5. The van der Waals surface area contributed by atoms with Gasteiger partial charge in [-0.25, -0.2) is 9.97 Å². The van der Waals surface area contributed by atoms with Gasteiger partial charge in [-0.2, -0.15) is 0 Å². The molecule has 1 saturated heterocycles. The van der Waals surface area contributed by atoms with E-state index < -0.39 is 0 Å². The molecule has 2 aliphatic heterocycles. The number of hydrogen-bond donors (Lipinski definition) is 1. The van der Waals surface area contributed by atoms with Crippen LogP contribution in [0.1, 0.15) is 27.9 Å². The van der Waals surface area contributed by atoms with E-state index in [1.54, 1.807) is 7.11 Å². The third kappa shape index (κ3) is 7.54. The quantitative estimate of drug-likeness (QED) is 0.158. The molecule has 0 spiro atoms. The Hall–Kier alpha value is -3.05. The van der Waals surface area contributed by atoms with Crippen molar-refractivity contribution in [3.63, 3.8) is 0 Å². The van der Waals surface area contributed by atoms with Crippen molar-refractivity contribution in [1.29, 1.82) is 0 Å². The highest BCUT2D eigenvalue weighted by molar-refractivity contribution is 7.98. The van der Waals surface area contributed by atoms with Crippen LogP contribution in [-0.4, -0.2) is 74.0 Å². The van der Waals surface area contributed by atoms with Gasteiger partial charge in [-0.3, -0.25) is 9.69 Å². The number of nitrogens with zero attached hydrogens (tertiary/aromatic N) is 4. The molecule has 39 heavy (non-hydrogen) atoms. The summed E-state index contributed by atoms with van der Waals surface area (Å²) in [6.45, 7) is 5.89. The molecule has 1 aromatic heterocycles. The van der Waals surface area contributed by atoms with E-state index in [0.717, 1.165) is 62.0 Å². The molecule has 3 aromatic rings. The summed E-state index contributed by atoms with van der Waals surface area (Å²) in [6, 6.07) is 15.6. The maximum Gasteiger partial charge on any atom is 0.251 e. The Bertz CT molecular complexity index is 1290. The number of fused-ring (bicyclic) bond motifs is 1. The normalized spacial score (nSPS) is 15.0. The van der Waals surface area contributed by atoms with Crippen LogP contribution in [0.2, 0.25) is 5.15 Å². The van der Waals surface area contributed by atoms with Gasteiger partial charge in [0.2, 0.25) is 6.79 Å². The maximum absolute atomic E-state index is 12.4. The van der Waals surface area contributed by atoms with Crippen LogP contribution in [0.25, 0.3) is 0 Å². The van der Waals surface area contributed by atoms with Crippen LogP contribution in [0.3, 0.4) is 0 Å². The van der Waals surface area contributed by atoms with E-state index in [1.807, 2.05) is 36.4 Å². The number of carbonyl (C=O) groups is 1. The van der Waals surface area contributed by atoms with Crippen molar-refractivity contribution in [3.8, 4) is 11.5 Å². The molecule has 1 fully saturated rings. The fourth-order valence-corrected chi connectivity index (χ4v) is 5.54. The van der Waals surface area contributed by atoms with Crippen LogP contribution in [0.5, 0.6) is 11.5 Å². The van der Waals surface area contributed by atoms with E-state index >= 15 is 0 Å². The van der Waals surface area contributed by atoms with Gasteiger partial charge in [0.15, 0.2) is 16.7 Å². The van der Waals surface area contributed by atoms with Gasteiger partial charge in [0.05, 0.1) is 0 Å². The molecule has 5 rings (SSSR count). The van der Waals surface area contributed by atoms with E-state index in [1.165, 1.54) is 17.3 Å². The van der Waals surface area contributed by atoms with Gasteiger partial charge < -0.3 is 24.4 Å². The first-order chi connectivity index (χ1) is 19.1. The summed E-state index contributed by atoms with van der Waals surface area (Å²) in [6.07, 6.45) is 0.779. The number of anilines is 1. The Balaban J connectivity index is 1.14. The molecule has 9 nitrogen and oxygen atoms in total. The highest BCUT2D eigenvalue weighted by Gasteiger charge is 2.21. The second-order valence-corrected chi connectivity index (χ2v) is 10.7. The molecule has 2 aromatic carbocycles. The molecular formula is C28H32ClN5O4S. The molecule has 0 radical (unpaired) electrons. The largest absolute Gasteiger partial charge is 0.454 e. The molecule has 0 saturated carbocycles. The molecule has 2 aliphatic rings. The summed E-state index contributed by atoms with van der Waals surface area (Å²) >= 11 is 7.89. The smallest absolute Gasteiger partial charge is 0.251 e.